The van der Waals surface area contributed by atoms with Crippen molar-refractivity contribution >= 4 is 24.6 Å². The molecule has 0 radical (unpaired) electrons. The van der Waals surface area contributed by atoms with Gasteiger partial charge in [0.05, 0.1) is 6.42 Å². The van der Waals surface area contributed by atoms with Crippen LogP contribution in [0.2, 0.25) is 0 Å². The Bertz CT molecular complexity index is 286. The Hall–Kier alpha value is -0.710. The second-order valence-electron chi connectivity index (χ2n) is 5.84. The molecule has 0 aromatic carbocycles. The van der Waals surface area contributed by atoms with Gasteiger partial charge in [0.25, 0.3) is 0 Å². The van der Waals surface area contributed by atoms with Crippen LogP contribution in [-0.4, -0.2) is 28.4 Å². The second-order valence-corrected chi connectivity index (χ2v) is 6.46. The molecule has 0 rings (SSSR count). The molecule has 0 spiro atoms. The molecule has 1 unspecified atom stereocenters. The number of rotatable bonds is 3. The fourth-order valence-electron chi connectivity index (χ4n) is 0.994. The van der Waals surface area contributed by atoms with Gasteiger partial charge in [-0.3, -0.25) is 9.59 Å². The number of esters is 2. The summed E-state index contributed by atoms with van der Waals surface area (Å²) in [5.74, 6) is -0.963. The zero-order valence-corrected chi connectivity index (χ0v) is 12.3. The first-order chi connectivity index (χ1) is 7.41. The molecular weight excluding hydrogens is 240 g/mol. The zero-order chi connectivity index (χ0) is 13.9. The smallest absolute Gasteiger partial charge is 0.319 e. The van der Waals surface area contributed by atoms with Gasteiger partial charge < -0.3 is 9.47 Å². The summed E-state index contributed by atoms with van der Waals surface area (Å²) < 4.78 is 10.2. The third kappa shape index (κ3) is 9.03. The molecular formula is C12H22O4S. The average molecular weight is 262 g/mol. The molecule has 0 bridgehead atoms. The predicted molar refractivity (Wildman–Crippen MR) is 69.1 cm³/mol. The molecule has 4 nitrogen and oxygen atoms in total. The molecule has 0 aliphatic heterocycles. The maximum Gasteiger partial charge on any atom is 0.319 e. The maximum atomic E-state index is 11.6. The molecule has 0 aromatic rings. The SMILES string of the molecule is CC(C)(C)OC(=O)CC(S)C(=O)OC(C)(C)C. The summed E-state index contributed by atoms with van der Waals surface area (Å²) in [6.07, 6.45) is -0.0880. The van der Waals surface area contributed by atoms with Crippen molar-refractivity contribution in [2.45, 2.75) is 64.4 Å². The predicted octanol–water partition coefficient (Wildman–Crippen LogP) is 2.36. The van der Waals surface area contributed by atoms with Gasteiger partial charge >= 0.3 is 11.9 Å². The molecule has 0 saturated carbocycles. The fourth-order valence-corrected chi connectivity index (χ4v) is 1.20. The highest BCUT2D eigenvalue weighted by molar-refractivity contribution is 7.81. The molecule has 5 heteroatoms. The van der Waals surface area contributed by atoms with Gasteiger partial charge in [0.15, 0.2) is 0 Å². The molecule has 0 heterocycles. The summed E-state index contributed by atoms with van der Waals surface area (Å²) in [5, 5.41) is -0.788. The van der Waals surface area contributed by atoms with E-state index in [9.17, 15) is 9.59 Å². The Morgan fingerprint density at radius 1 is 1.00 bits per heavy atom. The van der Waals surface area contributed by atoms with Crippen molar-refractivity contribution in [2.24, 2.45) is 0 Å². The fraction of sp³-hybridized carbons (Fsp3) is 0.833. The van der Waals surface area contributed by atoms with Crippen LogP contribution >= 0.6 is 12.6 Å². The molecule has 0 aromatic heterocycles. The van der Waals surface area contributed by atoms with Crippen molar-refractivity contribution in [3.8, 4) is 0 Å². The lowest BCUT2D eigenvalue weighted by atomic mass is 10.2. The second kappa shape index (κ2) is 5.76. The number of ether oxygens (including phenoxy) is 2. The van der Waals surface area contributed by atoms with Crippen molar-refractivity contribution in [3.05, 3.63) is 0 Å². The minimum atomic E-state index is -0.788. The largest absolute Gasteiger partial charge is 0.460 e. The van der Waals surface area contributed by atoms with E-state index in [0.717, 1.165) is 0 Å². The summed E-state index contributed by atoms with van der Waals surface area (Å²) >= 11 is 4.05. The van der Waals surface area contributed by atoms with Crippen molar-refractivity contribution in [3.63, 3.8) is 0 Å². The Labute approximate surface area is 108 Å². The van der Waals surface area contributed by atoms with E-state index in [4.69, 9.17) is 9.47 Å². The van der Waals surface area contributed by atoms with E-state index >= 15 is 0 Å². The molecule has 100 valence electrons. The summed E-state index contributed by atoms with van der Waals surface area (Å²) in [6, 6.07) is 0. The minimum absolute atomic E-state index is 0.0880. The molecule has 0 N–H and O–H groups in total. The molecule has 0 aliphatic rings. The summed E-state index contributed by atoms with van der Waals surface area (Å²) in [6.45, 7) is 10.6. The number of carbonyl (C=O) groups is 2. The van der Waals surface area contributed by atoms with E-state index in [1.807, 2.05) is 0 Å². The van der Waals surface area contributed by atoms with Gasteiger partial charge in [-0.15, -0.1) is 0 Å². The van der Waals surface area contributed by atoms with Gasteiger partial charge in [0.1, 0.15) is 16.5 Å². The van der Waals surface area contributed by atoms with E-state index in [1.165, 1.54) is 0 Å². The Kier molecular flexibility index (Phi) is 5.52. The molecule has 17 heavy (non-hydrogen) atoms. The van der Waals surface area contributed by atoms with Crippen LogP contribution in [0, 0.1) is 0 Å². The summed E-state index contributed by atoms with van der Waals surface area (Å²) in [4.78, 5) is 23.0. The van der Waals surface area contributed by atoms with Crippen LogP contribution < -0.4 is 0 Å². The molecule has 0 amide bonds. The van der Waals surface area contributed by atoms with E-state index in [0.29, 0.717) is 0 Å². The number of hydrogen-bond acceptors (Lipinski definition) is 5. The van der Waals surface area contributed by atoms with Crippen molar-refractivity contribution in [2.75, 3.05) is 0 Å². The topological polar surface area (TPSA) is 52.6 Å². The van der Waals surface area contributed by atoms with Crippen LogP contribution in [0.5, 0.6) is 0 Å². The highest BCUT2D eigenvalue weighted by Crippen LogP contribution is 2.15. The van der Waals surface area contributed by atoms with Gasteiger partial charge in [0.2, 0.25) is 0 Å². The Balaban J connectivity index is 4.22. The average Bonchev–Trinajstić information content (AvgIpc) is 1.95. The summed E-state index contributed by atoms with van der Waals surface area (Å²) in [5.41, 5.74) is -1.13. The van der Waals surface area contributed by atoms with Gasteiger partial charge in [-0.2, -0.15) is 12.6 Å². The van der Waals surface area contributed by atoms with Crippen molar-refractivity contribution < 1.29 is 19.1 Å². The molecule has 1 atom stereocenters. The van der Waals surface area contributed by atoms with Crippen molar-refractivity contribution in [1.29, 1.82) is 0 Å². The van der Waals surface area contributed by atoms with Gasteiger partial charge in [0, 0.05) is 0 Å². The van der Waals surface area contributed by atoms with Crippen LogP contribution in [0.25, 0.3) is 0 Å². The van der Waals surface area contributed by atoms with Crippen LogP contribution in [0.15, 0.2) is 0 Å². The quantitative estimate of drug-likeness (QED) is 0.626. The number of hydrogen-bond donors (Lipinski definition) is 1. The first-order valence-corrected chi connectivity index (χ1v) is 6.05. The van der Waals surface area contributed by atoms with Gasteiger partial charge in [-0.1, -0.05) is 0 Å². The monoisotopic (exact) mass is 262 g/mol. The zero-order valence-electron chi connectivity index (χ0n) is 11.4. The first kappa shape index (κ1) is 16.3. The van der Waals surface area contributed by atoms with E-state index in [1.54, 1.807) is 41.5 Å². The molecule has 0 aliphatic carbocycles. The van der Waals surface area contributed by atoms with Gasteiger partial charge in [-0.25, -0.2) is 0 Å². The van der Waals surface area contributed by atoms with Crippen LogP contribution in [0.3, 0.4) is 0 Å². The lowest BCUT2D eigenvalue weighted by molar-refractivity contribution is -0.161. The first-order valence-electron chi connectivity index (χ1n) is 5.53. The lowest BCUT2D eigenvalue weighted by Gasteiger charge is -2.23. The Morgan fingerprint density at radius 3 is 1.76 bits per heavy atom. The summed E-state index contributed by atoms with van der Waals surface area (Å²) in [7, 11) is 0. The van der Waals surface area contributed by atoms with Crippen LogP contribution in [0.4, 0.5) is 0 Å². The highest BCUT2D eigenvalue weighted by Gasteiger charge is 2.26. The molecule has 0 fully saturated rings. The molecule has 0 saturated heterocycles. The van der Waals surface area contributed by atoms with Crippen LogP contribution in [-0.2, 0) is 19.1 Å². The third-order valence-electron chi connectivity index (χ3n) is 1.46. The van der Waals surface area contributed by atoms with Crippen LogP contribution in [0.1, 0.15) is 48.0 Å². The minimum Gasteiger partial charge on any atom is -0.460 e. The van der Waals surface area contributed by atoms with Crippen molar-refractivity contribution in [1.82, 2.24) is 0 Å². The standard InChI is InChI=1S/C12H22O4S/c1-11(2,3)15-9(13)7-8(17)10(14)16-12(4,5)6/h8,17H,7H2,1-6H3. The number of carbonyl (C=O) groups excluding carboxylic acids is 2. The van der Waals surface area contributed by atoms with Gasteiger partial charge in [-0.05, 0) is 41.5 Å². The number of thiol groups is 1. The third-order valence-corrected chi connectivity index (χ3v) is 1.85. The lowest BCUT2D eigenvalue weighted by Crippen LogP contribution is -2.32. The maximum absolute atomic E-state index is 11.6. The van der Waals surface area contributed by atoms with E-state index in [-0.39, 0.29) is 6.42 Å². The highest BCUT2D eigenvalue weighted by atomic mass is 32.1. The normalized spacial score (nSPS) is 14.1. The van der Waals surface area contributed by atoms with E-state index < -0.39 is 28.4 Å². The van der Waals surface area contributed by atoms with E-state index in [2.05, 4.69) is 12.6 Å². The Morgan fingerprint density at radius 2 is 1.41 bits per heavy atom.